The van der Waals surface area contributed by atoms with Crippen molar-refractivity contribution in [3.8, 4) is 0 Å². The van der Waals surface area contributed by atoms with Gasteiger partial charge in [-0.25, -0.2) is 4.98 Å². The second-order valence-corrected chi connectivity index (χ2v) is 5.84. The molecule has 3 heterocycles. The van der Waals surface area contributed by atoms with E-state index >= 15 is 0 Å². The molecule has 3 rings (SSSR count). The Hall–Kier alpha value is -1.79. The lowest BCUT2D eigenvalue weighted by Crippen LogP contribution is -2.41. The molecule has 1 fully saturated rings. The van der Waals surface area contributed by atoms with E-state index in [1.165, 1.54) is 0 Å². The van der Waals surface area contributed by atoms with E-state index in [1.54, 1.807) is 17.5 Å². The Bertz CT molecular complexity index is 594. The van der Waals surface area contributed by atoms with E-state index in [1.807, 2.05) is 28.5 Å². The molecular weight excluding hydrogens is 286 g/mol. The molecule has 1 aliphatic rings. The van der Waals surface area contributed by atoms with Crippen LogP contribution in [0.25, 0.3) is 0 Å². The average Bonchev–Trinajstić information content (AvgIpc) is 2.96. The zero-order valence-electron chi connectivity index (χ0n) is 11.7. The van der Waals surface area contributed by atoms with Gasteiger partial charge in [-0.1, -0.05) is 6.07 Å². The summed E-state index contributed by atoms with van der Waals surface area (Å²) in [5.41, 5.74) is 1.85. The normalized spacial score (nSPS) is 15.1. The van der Waals surface area contributed by atoms with Crippen molar-refractivity contribution in [3.63, 3.8) is 0 Å². The maximum Gasteiger partial charge on any atom is 0.228 e. The monoisotopic (exact) mass is 303 g/mol. The summed E-state index contributed by atoms with van der Waals surface area (Å²) in [6, 6.07) is 5.86. The lowest BCUT2D eigenvalue weighted by molar-refractivity contribution is -0.134. The molecule has 1 saturated heterocycles. The van der Waals surface area contributed by atoms with Gasteiger partial charge in [0.05, 0.1) is 30.3 Å². The van der Waals surface area contributed by atoms with Gasteiger partial charge in [0.25, 0.3) is 0 Å². The van der Waals surface area contributed by atoms with Crippen LogP contribution in [0.4, 0.5) is 0 Å². The number of pyridine rings is 1. The van der Waals surface area contributed by atoms with Crippen molar-refractivity contribution in [1.29, 1.82) is 0 Å². The summed E-state index contributed by atoms with van der Waals surface area (Å²) in [6.45, 7) is 2.63. The number of carbonyl (C=O) groups is 1. The van der Waals surface area contributed by atoms with Crippen molar-refractivity contribution in [2.75, 3.05) is 26.3 Å². The molecule has 110 valence electrons. The highest BCUT2D eigenvalue weighted by molar-refractivity contribution is 7.09. The minimum Gasteiger partial charge on any atom is -0.378 e. The summed E-state index contributed by atoms with van der Waals surface area (Å²) >= 11 is 1.59. The van der Waals surface area contributed by atoms with Gasteiger partial charge in [0.1, 0.15) is 0 Å². The van der Waals surface area contributed by atoms with Gasteiger partial charge in [-0.05, 0) is 12.1 Å². The smallest absolute Gasteiger partial charge is 0.228 e. The zero-order chi connectivity index (χ0) is 14.5. The largest absolute Gasteiger partial charge is 0.378 e. The van der Waals surface area contributed by atoms with Gasteiger partial charge in [-0.15, -0.1) is 11.3 Å². The third kappa shape index (κ3) is 3.86. The lowest BCUT2D eigenvalue weighted by Gasteiger charge is -2.26. The first-order valence-electron chi connectivity index (χ1n) is 7.00. The minimum absolute atomic E-state index is 0.132. The highest BCUT2D eigenvalue weighted by atomic mass is 32.1. The van der Waals surface area contributed by atoms with Crippen molar-refractivity contribution in [2.24, 2.45) is 0 Å². The number of aromatic nitrogens is 2. The minimum atomic E-state index is 0.132. The molecule has 0 radical (unpaired) electrons. The molecule has 0 saturated carbocycles. The van der Waals surface area contributed by atoms with E-state index in [-0.39, 0.29) is 5.91 Å². The number of ether oxygens (including phenoxy) is 1. The van der Waals surface area contributed by atoms with Crippen LogP contribution in [0, 0.1) is 0 Å². The number of morpholine rings is 1. The van der Waals surface area contributed by atoms with Crippen LogP contribution in [-0.4, -0.2) is 47.1 Å². The fourth-order valence-electron chi connectivity index (χ4n) is 2.25. The molecule has 1 aliphatic heterocycles. The van der Waals surface area contributed by atoms with Gasteiger partial charge in [0.2, 0.25) is 5.91 Å². The first-order chi connectivity index (χ1) is 10.3. The second kappa shape index (κ2) is 6.78. The number of hydrogen-bond acceptors (Lipinski definition) is 5. The molecule has 0 aromatic carbocycles. The summed E-state index contributed by atoms with van der Waals surface area (Å²) in [4.78, 5) is 22.8. The number of rotatable bonds is 4. The van der Waals surface area contributed by atoms with Crippen LogP contribution in [-0.2, 0) is 22.4 Å². The maximum atomic E-state index is 12.2. The predicted molar refractivity (Wildman–Crippen MR) is 80.3 cm³/mol. The predicted octanol–water partition coefficient (Wildman–Crippen LogP) is 1.53. The Kier molecular flexibility index (Phi) is 4.57. The van der Waals surface area contributed by atoms with Gasteiger partial charge in [0.15, 0.2) is 0 Å². The van der Waals surface area contributed by atoms with E-state index in [0.717, 1.165) is 22.8 Å². The van der Waals surface area contributed by atoms with Gasteiger partial charge in [-0.3, -0.25) is 9.78 Å². The lowest BCUT2D eigenvalue weighted by atomic mass is 10.2. The maximum absolute atomic E-state index is 12.2. The third-order valence-corrected chi connectivity index (χ3v) is 4.25. The molecule has 5 nitrogen and oxygen atoms in total. The second-order valence-electron chi connectivity index (χ2n) is 4.90. The van der Waals surface area contributed by atoms with Gasteiger partial charge in [-0.2, -0.15) is 0 Å². The van der Waals surface area contributed by atoms with Crippen molar-refractivity contribution in [2.45, 2.75) is 12.8 Å². The van der Waals surface area contributed by atoms with E-state index < -0.39 is 0 Å². The molecule has 0 unspecified atom stereocenters. The fourth-order valence-corrected chi connectivity index (χ4v) is 3.06. The summed E-state index contributed by atoms with van der Waals surface area (Å²) in [7, 11) is 0. The third-order valence-electron chi connectivity index (χ3n) is 3.35. The van der Waals surface area contributed by atoms with E-state index in [4.69, 9.17) is 4.74 Å². The van der Waals surface area contributed by atoms with Gasteiger partial charge >= 0.3 is 0 Å². The fraction of sp³-hybridized carbons (Fsp3) is 0.400. The number of nitrogens with zero attached hydrogens (tertiary/aromatic N) is 3. The van der Waals surface area contributed by atoms with Gasteiger partial charge < -0.3 is 9.64 Å². The molecule has 2 aromatic heterocycles. The summed E-state index contributed by atoms with van der Waals surface area (Å²) in [5, 5.41) is 2.97. The van der Waals surface area contributed by atoms with Crippen LogP contribution in [0.2, 0.25) is 0 Å². The molecule has 2 aromatic rings. The number of carbonyl (C=O) groups excluding carboxylic acids is 1. The SMILES string of the molecule is O=C(Cc1csc(Cc2ccccn2)n1)N1CCOCC1. The van der Waals surface area contributed by atoms with Gasteiger partial charge in [0, 0.05) is 36.8 Å². The topological polar surface area (TPSA) is 55.3 Å². The summed E-state index contributed by atoms with van der Waals surface area (Å²) < 4.78 is 5.26. The average molecular weight is 303 g/mol. The first-order valence-corrected chi connectivity index (χ1v) is 7.88. The van der Waals surface area contributed by atoms with Crippen molar-refractivity contribution in [3.05, 3.63) is 46.2 Å². The number of hydrogen-bond donors (Lipinski definition) is 0. The zero-order valence-corrected chi connectivity index (χ0v) is 12.5. The van der Waals surface area contributed by atoms with Crippen LogP contribution in [0.1, 0.15) is 16.4 Å². The quantitative estimate of drug-likeness (QED) is 0.859. The van der Waals surface area contributed by atoms with Crippen molar-refractivity contribution < 1.29 is 9.53 Å². The molecule has 0 N–H and O–H groups in total. The highest BCUT2D eigenvalue weighted by Gasteiger charge is 2.18. The van der Waals surface area contributed by atoms with Crippen LogP contribution in [0.3, 0.4) is 0 Å². The Balaban J connectivity index is 1.58. The Labute approximate surface area is 127 Å². The van der Waals surface area contributed by atoms with E-state index in [2.05, 4.69) is 9.97 Å². The van der Waals surface area contributed by atoms with Crippen molar-refractivity contribution in [1.82, 2.24) is 14.9 Å². The highest BCUT2D eigenvalue weighted by Crippen LogP contribution is 2.15. The molecule has 1 amide bonds. The Morgan fingerprint density at radius 3 is 2.90 bits per heavy atom. The van der Waals surface area contributed by atoms with Crippen LogP contribution in [0.5, 0.6) is 0 Å². The van der Waals surface area contributed by atoms with Crippen LogP contribution in [0.15, 0.2) is 29.8 Å². The molecule has 0 spiro atoms. The summed E-state index contributed by atoms with van der Waals surface area (Å²) in [5.74, 6) is 0.132. The Morgan fingerprint density at radius 2 is 2.14 bits per heavy atom. The molecule has 0 atom stereocenters. The summed E-state index contributed by atoms with van der Waals surface area (Å²) in [6.07, 6.45) is 2.88. The van der Waals surface area contributed by atoms with E-state index in [9.17, 15) is 4.79 Å². The van der Waals surface area contributed by atoms with Crippen molar-refractivity contribution >= 4 is 17.2 Å². The number of amides is 1. The molecule has 0 aliphatic carbocycles. The van der Waals surface area contributed by atoms with Crippen LogP contribution >= 0.6 is 11.3 Å². The molecule has 21 heavy (non-hydrogen) atoms. The molecule has 6 heteroatoms. The standard InChI is InChI=1S/C15H17N3O2S/c19-15(18-5-7-20-8-6-18)10-13-11-21-14(17-13)9-12-3-1-2-4-16-12/h1-4,11H,5-10H2. The molecule has 0 bridgehead atoms. The first kappa shape index (κ1) is 14.2. The van der Waals surface area contributed by atoms with E-state index in [0.29, 0.717) is 32.7 Å². The number of thiazole rings is 1. The Morgan fingerprint density at radius 1 is 1.29 bits per heavy atom. The molecular formula is C15H17N3O2S. The van der Waals surface area contributed by atoms with Crippen LogP contribution < -0.4 is 0 Å².